The minimum Gasteiger partial charge on any atom is -0.451 e. The van der Waals surface area contributed by atoms with Crippen molar-refractivity contribution in [2.75, 3.05) is 0 Å². The Morgan fingerprint density at radius 2 is 1.47 bits per heavy atom. The van der Waals surface area contributed by atoms with E-state index in [0.29, 0.717) is 5.75 Å². The minimum atomic E-state index is -0.830. The van der Waals surface area contributed by atoms with Crippen molar-refractivity contribution in [3.05, 3.63) is 58.7 Å². The van der Waals surface area contributed by atoms with Crippen LogP contribution in [0.25, 0.3) is 0 Å². The molecule has 0 aliphatic carbocycles. The van der Waals surface area contributed by atoms with Gasteiger partial charge < -0.3 is 9.84 Å². The van der Waals surface area contributed by atoms with Crippen LogP contribution in [0.15, 0.2) is 30.3 Å². The molecule has 100 valence electrons. The number of aliphatic hydroxyl groups is 1. The zero-order valence-electron chi connectivity index (χ0n) is 10.7. The number of rotatable bonds is 3. The molecule has 2 nitrogen and oxygen atoms in total. The average Bonchev–Trinajstić information content (AvgIpc) is 2.32. The first-order valence-electron chi connectivity index (χ1n) is 5.84. The van der Waals surface area contributed by atoms with Crippen molar-refractivity contribution in [2.24, 2.45) is 0 Å². The second-order valence-electron chi connectivity index (χ2n) is 4.47. The van der Waals surface area contributed by atoms with Gasteiger partial charge in [-0.25, -0.2) is 8.78 Å². The summed E-state index contributed by atoms with van der Waals surface area (Å²) in [7, 11) is 0. The molecular weight excluding hydrogens is 250 g/mol. The Balaban J connectivity index is 2.38. The first kappa shape index (κ1) is 13.5. The maximum Gasteiger partial charge on any atom is 0.198 e. The molecule has 0 saturated carbocycles. The van der Waals surface area contributed by atoms with Crippen molar-refractivity contribution in [1.82, 2.24) is 0 Å². The molecule has 0 aliphatic rings. The molecule has 0 radical (unpaired) electrons. The summed E-state index contributed by atoms with van der Waals surface area (Å²) in [6.45, 7) is 3.33. The highest BCUT2D eigenvalue weighted by atomic mass is 19.1. The Morgan fingerprint density at radius 1 is 0.947 bits per heavy atom. The van der Waals surface area contributed by atoms with E-state index in [2.05, 4.69) is 0 Å². The largest absolute Gasteiger partial charge is 0.451 e. The lowest BCUT2D eigenvalue weighted by Gasteiger charge is -2.10. The molecule has 0 saturated heterocycles. The second kappa shape index (κ2) is 5.36. The van der Waals surface area contributed by atoms with Crippen LogP contribution in [0.4, 0.5) is 8.78 Å². The fourth-order valence-corrected chi connectivity index (χ4v) is 1.91. The van der Waals surface area contributed by atoms with E-state index in [9.17, 15) is 8.78 Å². The molecule has 1 N–H and O–H groups in total. The Labute approximate surface area is 110 Å². The van der Waals surface area contributed by atoms with Gasteiger partial charge in [-0.3, -0.25) is 0 Å². The van der Waals surface area contributed by atoms with Gasteiger partial charge in [-0.15, -0.1) is 0 Å². The zero-order chi connectivity index (χ0) is 14.0. The maximum atomic E-state index is 13.7. The van der Waals surface area contributed by atoms with Crippen molar-refractivity contribution >= 4 is 0 Å². The number of ether oxygens (including phenoxy) is 1. The van der Waals surface area contributed by atoms with Gasteiger partial charge in [0.15, 0.2) is 17.4 Å². The SMILES string of the molecule is Cc1cc(C)cc(Oc2c(F)cc(CO)cc2F)c1. The van der Waals surface area contributed by atoms with E-state index < -0.39 is 24.0 Å². The van der Waals surface area contributed by atoms with E-state index in [1.54, 1.807) is 12.1 Å². The molecule has 0 fully saturated rings. The number of aliphatic hydroxyl groups excluding tert-OH is 1. The van der Waals surface area contributed by atoms with Crippen LogP contribution in [-0.2, 0) is 6.61 Å². The lowest BCUT2D eigenvalue weighted by atomic mass is 10.1. The molecule has 0 aliphatic heterocycles. The van der Waals surface area contributed by atoms with Crippen LogP contribution in [0.1, 0.15) is 16.7 Å². The predicted molar refractivity (Wildman–Crippen MR) is 68.3 cm³/mol. The van der Waals surface area contributed by atoms with E-state index >= 15 is 0 Å². The summed E-state index contributed by atoms with van der Waals surface area (Å²) in [5, 5.41) is 8.87. The van der Waals surface area contributed by atoms with Gasteiger partial charge >= 0.3 is 0 Å². The topological polar surface area (TPSA) is 29.5 Å². The smallest absolute Gasteiger partial charge is 0.198 e. The molecule has 4 heteroatoms. The van der Waals surface area contributed by atoms with Crippen LogP contribution in [0.3, 0.4) is 0 Å². The van der Waals surface area contributed by atoms with Crippen LogP contribution in [0.5, 0.6) is 11.5 Å². The monoisotopic (exact) mass is 264 g/mol. The van der Waals surface area contributed by atoms with Crippen molar-refractivity contribution in [1.29, 1.82) is 0 Å². The third kappa shape index (κ3) is 3.09. The first-order chi connectivity index (χ1) is 8.99. The fourth-order valence-electron chi connectivity index (χ4n) is 1.91. The molecule has 0 atom stereocenters. The molecule has 19 heavy (non-hydrogen) atoms. The second-order valence-corrected chi connectivity index (χ2v) is 4.47. The van der Waals surface area contributed by atoms with E-state index in [0.717, 1.165) is 23.3 Å². The van der Waals surface area contributed by atoms with Crippen LogP contribution in [-0.4, -0.2) is 5.11 Å². The third-order valence-electron chi connectivity index (χ3n) is 2.66. The average molecular weight is 264 g/mol. The highest BCUT2D eigenvalue weighted by Crippen LogP contribution is 2.29. The van der Waals surface area contributed by atoms with E-state index in [-0.39, 0.29) is 5.56 Å². The zero-order valence-corrected chi connectivity index (χ0v) is 10.7. The highest BCUT2D eigenvalue weighted by molar-refractivity contribution is 5.39. The van der Waals surface area contributed by atoms with Crippen LogP contribution in [0.2, 0.25) is 0 Å². The van der Waals surface area contributed by atoms with Crippen molar-refractivity contribution < 1.29 is 18.6 Å². The molecule has 2 rings (SSSR count). The summed E-state index contributed by atoms with van der Waals surface area (Å²) in [5.74, 6) is -1.74. The summed E-state index contributed by atoms with van der Waals surface area (Å²) < 4.78 is 32.7. The van der Waals surface area contributed by atoms with Gasteiger partial charge in [-0.1, -0.05) is 6.07 Å². The van der Waals surface area contributed by atoms with Gasteiger partial charge in [0, 0.05) is 0 Å². The number of benzene rings is 2. The van der Waals surface area contributed by atoms with Crippen molar-refractivity contribution in [2.45, 2.75) is 20.5 Å². The Hall–Kier alpha value is -1.94. The van der Waals surface area contributed by atoms with Gasteiger partial charge in [-0.2, -0.15) is 0 Å². The molecule has 0 bridgehead atoms. The van der Waals surface area contributed by atoms with Crippen LogP contribution in [0, 0.1) is 25.5 Å². The quantitative estimate of drug-likeness (QED) is 0.912. The molecule has 0 spiro atoms. The molecular formula is C15H14F2O2. The fraction of sp³-hybridized carbons (Fsp3) is 0.200. The molecule has 2 aromatic carbocycles. The molecule has 0 aromatic heterocycles. The number of halogens is 2. The number of hydrogen-bond donors (Lipinski definition) is 1. The van der Waals surface area contributed by atoms with Crippen molar-refractivity contribution in [3.63, 3.8) is 0 Å². The van der Waals surface area contributed by atoms with Gasteiger partial charge in [0.25, 0.3) is 0 Å². The minimum absolute atomic E-state index is 0.169. The Kier molecular flexibility index (Phi) is 3.81. The number of hydrogen-bond acceptors (Lipinski definition) is 2. The lowest BCUT2D eigenvalue weighted by molar-refractivity contribution is 0.279. The summed E-state index contributed by atoms with van der Waals surface area (Å²) in [5.41, 5.74) is 2.06. The van der Waals surface area contributed by atoms with E-state index in [1.165, 1.54) is 0 Å². The van der Waals surface area contributed by atoms with Gasteiger partial charge in [-0.05, 0) is 54.8 Å². The summed E-state index contributed by atoms with van der Waals surface area (Å²) >= 11 is 0. The maximum absolute atomic E-state index is 13.7. The molecule has 0 amide bonds. The molecule has 0 unspecified atom stereocenters. The van der Waals surface area contributed by atoms with Gasteiger partial charge in [0.2, 0.25) is 0 Å². The summed E-state index contributed by atoms with van der Waals surface area (Å²) in [6.07, 6.45) is 0. The summed E-state index contributed by atoms with van der Waals surface area (Å²) in [6, 6.07) is 7.45. The Morgan fingerprint density at radius 3 is 1.95 bits per heavy atom. The van der Waals surface area contributed by atoms with Gasteiger partial charge in [0.1, 0.15) is 5.75 Å². The number of aryl methyl sites for hydroxylation is 2. The summed E-state index contributed by atoms with van der Waals surface area (Å²) in [4.78, 5) is 0. The van der Waals surface area contributed by atoms with Crippen LogP contribution < -0.4 is 4.74 Å². The third-order valence-corrected chi connectivity index (χ3v) is 2.66. The molecule has 0 heterocycles. The normalized spacial score (nSPS) is 10.6. The predicted octanol–water partition coefficient (Wildman–Crippen LogP) is 3.87. The standard InChI is InChI=1S/C15H14F2O2/c1-9-3-10(2)5-12(4-9)19-15-13(16)6-11(8-18)7-14(15)17/h3-7,18H,8H2,1-2H3. The first-order valence-corrected chi connectivity index (χ1v) is 5.84. The van der Waals surface area contributed by atoms with Crippen LogP contribution >= 0.6 is 0 Å². The van der Waals surface area contributed by atoms with E-state index in [4.69, 9.17) is 9.84 Å². The highest BCUT2D eigenvalue weighted by Gasteiger charge is 2.13. The Bertz CT molecular complexity index is 566. The lowest BCUT2D eigenvalue weighted by Crippen LogP contribution is -1.96. The molecule has 2 aromatic rings. The van der Waals surface area contributed by atoms with E-state index in [1.807, 2.05) is 19.9 Å². The van der Waals surface area contributed by atoms with Crippen molar-refractivity contribution in [3.8, 4) is 11.5 Å². The van der Waals surface area contributed by atoms with Gasteiger partial charge in [0.05, 0.1) is 6.61 Å².